The number of likely N-dealkylation sites (tertiary alicyclic amines) is 3. The van der Waals surface area contributed by atoms with E-state index in [1.807, 2.05) is 102 Å². The zero-order valence-electron chi connectivity index (χ0n) is 45.0. The first-order chi connectivity index (χ1) is 34.6. The predicted molar refractivity (Wildman–Crippen MR) is 284 cm³/mol. The van der Waals surface area contributed by atoms with E-state index in [0.29, 0.717) is 24.2 Å². The Morgan fingerprint density at radius 2 is 0.824 bits per heavy atom. The molecule has 18 nitrogen and oxygen atoms in total. The average Bonchev–Trinajstić information content (AvgIpc) is 3.29. The summed E-state index contributed by atoms with van der Waals surface area (Å²) in [6.45, 7) is 25.5. The molecule has 3 aromatic rings. The Kier molecular flexibility index (Phi) is 17.7. The number of nitrogen functional groups attached to an aromatic ring is 1. The summed E-state index contributed by atoms with van der Waals surface area (Å²) in [5, 5.41) is 21.2. The van der Waals surface area contributed by atoms with E-state index in [1.165, 1.54) is 44.2 Å². The number of carbonyl (C=O) groups is 3. The third-order valence-electron chi connectivity index (χ3n) is 14.4. The molecule has 9 rings (SSSR count). The van der Waals surface area contributed by atoms with Crippen LogP contribution < -0.4 is 15.5 Å². The Morgan fingerprint density at radius 3 is 1.18 bits per heavy atom. The van der Waals surface area contributed by atoms with Crippen LogP contribution in [0.4, 0.5) is 47.2 Å². The second-order valence-corrected chi connectivity index (χ2v) is 24.1. The molecular weight excluding hydrogens is 952 g/mol. The minimum absolute atomic E-state index is 0.135. The standard InChI is InChI=1S/C18H25N3O4.C18H27N3O2.C13H23NO2.C6H4FNO2/c1-17(2,3)25-16(22)20-12-18(13-20)8-10-19(11-9-18)14-6-4-5-7-15(14)21(23)24;1-17(2,3)23-16(22)21-12-18(13-21)8-10-20(11-9-18)15-7-5-4-6-14(15)19;1-12(2,3)16-11(15)14-9-13(10-14)7-5-4-6-8-13;7-5-3-1-2-4-6(5)8(9)10/h4-7H,8-13H2,1-3H3;4-7H,8-13,19H2,1-3H3;4-10H2,1-3H3;1-4H. The van der Waals surface area contributed by atoms with E-state index in [9.17, 15) is 39.0 Å². The second-order valence-electron chi connectivity index (χ2n) is 24.1. The van der Waals surface area contributed by atoms with Gasteiger partial charge in [-0.2, -0.15) is 4.39 Å². The molecule has 6 fully saturated rings. The van der Waals surface area contributed by atoms with Gasteiger partial charge in [0.25, 0.3) is 5.69 Å². The summed E-state index contributed by atoms with van der Waals surface area (Å²) in [6, 6.07) is 19.9. The topological polar surface area (TPSA) is 207 Å². The van der Waals surface area contributed by atoms with Crippen LogP contribution in [0.3, 0.4) is 0 Å². The molecule has 0 radical (unpaired) electrons. The fraction of sp³-hybridized carbons (Fsp3) is 0.618. The molecule has 74 heavy (non-hydrogen) atoms. The maximum atomic E-state index is 12.4. The number of ether oxygens (including phenoxy) is 3. The first kappa shape index (κ1) is 56.9. The monoisotopic (exact) mass is 1030 g/mol. The molecule has 1 aliphatic carbocycles. The lowest BCUT2D eigenvalue weighted by Gasteiger charge is -2.54. The molecule has 3 amide bonds. The van der Waals surface area contributed by atoms with Crippen LogP contribution in [-0.4, -0.2) is 125 Å². The predicted octanol–water partition coefficient (Wildman–Crippen LogP) is 11.5. The van der Waals surface area contributed by atoms with Gasteiger partial charge in [0, 0.05) is 93.8 Å². The summed E-state index contributed by atoms with van der Waals surface area (Å²) >= 11 is 0. The Bertz CT molecular complexity index is 2420. The van der Waals surface area contributed by atoms with Crippen LogP contribution in [0.2, 0.25) is 0 Å². The van der Waals surface area contributed by atoms with Gasteiger partial charge >= 0.3 is 24.0 Å². The van der Waals surface area contributed by atoms with Crippen LogP contribution in [-0.2, 0) is 14.2 Å². The van der Waals surface area contributed by atoms with Gasteiger partial charge in [0.05, 0.1) is 21.2 Å². The van der Waals surface area contributed by atoms with Gasteiger partial charge in [-0.15, -0.1) is 0 Å². The smallest absolute Gasteiger partial charge is 0.410 e. The van der Waals surface area contributed by atoms with E-state index in [-0.39, 0.29) is 45.3 Å². The minimum atomic E-state index is -0.799. The molecule has 1 saturated carbocycles. The third kappa shape index (κ3) is 15.3. The summed E-state index contributed by atoms with van der Waals surface area (Å²) in [6.07, 6.45) is 10.1. The van der Waals surface area contributed by atoms with Crippen molar-refractivity contribution in [2.45, 2.75) is 137 Å². The van der Waals surface area contributed by atoms with E-state index in [4.69, 9.17) is 19.9 Å². The van der Waals surface area contributed by atoms with Gasteiger partial charge in [-0.25, -0.2) is 14.4 Å². The number of para-hydroxylation sites is 5. The quantitative estimate of drug-likeness (QED) is 0.112. The normalized spacial score (nSPS) is 19.4. The van der Waals surface area contributed by atoms with Crippen molar-refractivity contribution in [2.24, 2.45) is 16.2 Å². The summed E-state index contributed by atoms with van der Waals surface area (Å²) in [5.41, 5.74) is 8.00. The van der Waals surface area contributed by atoms with E-state index in [0.717, 1.165) is 102 Å². The van der Waals surface area contributed by atoms with Crippen LogP contribution in [0.15, 0.2) is 72.8 Å². The number of hydrogen-bond donors (Lipinski definition) is 1. The van der Waals surface area contributed by atoms with Gasteiger partial charge in [0.2, 0.25) is 5.82 Å². The number of nitro benzene ring substituents is 2. The fourth-order valence-electron chi connectivity index (χ4n) is 10.6. The number of amides is 3. The molecule has 5 aliphatic heterocycles. The molecule has 0 unspecified atom stereocenters. The minimum Gasteiger partial charge on any atom is -0.444 e. The van der Waals surface area contributed by atoms with Crippen molar-refractivity contribution in [1.29, 1.82) is 0 Å². The summed E-state index contributed by atoms with van der Waals surface area (Å²) in [4.78, 5) is 65.9. The number of nitro groups is 2. The molecule has 19 heteroatoms. The Balaban J connectivity index is 0.000000168. The Hall–Kier alpha value is -6.40. The van der Waals surface area contributed by atoms with Crippen LogP contribution in [0.5, 0.6) is 0 Å². The number of anilines is 3. The van der Waals surface area contributed by atoms with Crippen molar-refractivity contribution in [3.8, 4) is 0 Å². The highest BCUT2D eigenvalue weighted by molar-refractivity contribution is 5.71. The van der Waals surface area contributed by atoms with Crippen molar-refractivity contribution in [3.05, 3.63) is 98.8 Å². The summed E-state index contributed by atoms with van der Waals surface area (Å²) in [7, 11) is 0. The Morgan fingerprint density at radius 1 is 0.500 bits per heavy atom. The van der Waals surface area contributed by atoms with Crippen LogP contribution in [0, 0.1) is 42.3 Å². The lowest BCUT2D eigenvalue weighted by atomic mass is 9.69. The first-order valence-corrected chi connectivity index (χ1v) is 26.0. The molecule has 3 aromatic carbocycles. The van der Waals surface area contributed by atoms with E-state index < -0.39 is 27.6 Å². The van der Waals surface area contributed by atoms with Crippen molar-refractivity contribution < 1.29 is 42.8 Å². The van der Waals surface area contributed by atoms with Gasteiger partial charge < -0.3 is 44.4 Å². The summed E-state index contributed by atoms with van der Waals surface area (Å²) < 4.78 is 28.6. The zero-order valence-corrected chi connectivity index (χ0v) is 45.0. The van der Waals surface area contributed by atoms with Crippen LogP contribution >= 0.6 is 0 Å². The van der Waals surface area contributed by atoms with Crippen molar-refractivity contribution >= 4 is 46.7 Å². The second kappa shape index (κ2) is 23.0. The highest BCUT2D eigenvalue weighted by Crippen LogP contribution is 2.46. The number of rotatable bonds is 4. The number of nitrogens with two attached hydrogens (primary N) is 1. The Labute approximate surface area is 435 Å². The molecule has 0 bridgehead atoms. The third-order valence-corrected chi connectivity index (χ3v) is 14.4. The molecule has 5 saturated heterocycles. The summed E-state index contributed by atoms with van der Waals surface area (Å²) in [5.74, 6) is -0.799. The number of halogens is 1. The molecule has 0 aromatic heterocycles. The van der Waals surface area contributed by atoms with Gasteiger partial charge in [0.1, 0.15) is 22.5 Å². The lowest BCUT2D eigenvalue weighted by Crippen LogP contribution is -2.62. The maximum Gasteiger partial charge on any atom is 0.410 e. The number of piperidine rings is 2. The molecule has 0 atom stereocenters. The van der Waals surface area contributed by atoms with Gasteiger partial charge in [-0.1, -0.05) is 55.7 Å². The maximum absolute atomic E-state index is 12.4. The molecule has 406 valence electrons. The number of hydrogen-bond acceptors (Lipinski definition) is 13. The number of carbonyl (C=O) groups excluding carboxylic acids is 3. The number of benzene rings is 3. The zero-order chi connectivity index (χ0) is 54.3. The molecule has 5 heterocycles. The van der Waals surface area contributed by atoms with E-state index in [2.05, 4.69) is 15.9 Å². The first-order valence-electron chi connectivity index (χ1n) is 26.0. The number of nitrogens with zero attached hydrogens (tertiary/aromatic N) is 7. The van der Waals surface area contributed by atoms with Gasteiger partial charge in [-0.05, 0) is 125 Å². The highest BCUT2D eigenvalue weighted by Gasteiger charge is 2.50. The SMILES string of the molecule is CC(C)(C)OC(=O)N1CC2(CCCCC2)C1.CC(C)(C)OC(=O)N1CC2(CCN(c3ccccc3N)CC2)C1.CC(C)(C)OC(=O)N1CC2(CCN(c3ccccc3[N+](=O)[O-])CC2)C1.O=[N+]([O-])c1ccccc1F. The lowest BCUT2D eigenvalue weighted by molar-refractivity contribution is -0.387. The van der Waals surface area contributed by atoms with Crippen LogP contribution in [0.1, 0.15) is 120 Å². The molecular formula is C55H79FN8O10. The molecule has 6 aliphatic rings. The highest BCUT2D eigenvalue weighted by atomic mass is 19.1. The molecule has 3 spiro atoms. The van der Waals surface area contributed by atoms with E-state index >= 15 is 0 Å². The van der Waals surface area contributed by atoms with Gasteiger partial charge in [0.15, 0.2) is 0 Å². The van der Waals surface area contributed by atoms with Gasteiger partial charge in [-0.3, -0.25) is 20.2 Å². The van der Waals surface area contributed by atoms with Crippen molar-refractivity contribution in [3.63, 3.8) is 0 Å². The molecule has 2 N–H and O–H groups in total. The van der Waals surface area contributed by atoms with Crippen molar-refractivity contribution in [2.75, 3.05) is 81.0 Å². The van der Waals surface area contributed by atoms with E-state index in [1.54, 1.807) is 17.0 Å². The average molecular weight is 1030 g/mol. The largest absolute Gasteiger partial charge is 0.444 e. The van der Waals surface area contributed by atoms with Crippen molar-refractivity contribution in [1.82, 2.24) is 14.7 Å². The fourth-order valence-corrected chi connectivity index (χ4v) is 10.6. The van der Waals surface area contributed by atoms with Crippen LogP contribution in [0.25, 0.3) is 0 Å².